The van der Waals surface area contributed by atoms with Crippen molar-refractivity contribution in [2.45, 2.75) is 32.2 Å². The van der Waals surface area contributed by atoms with Crippen molar-refractivity contribution >= 4 is 17.5 Å². The van der Waals surface area contributed by atoms with E-state index in [1.807, 2.05) is 84.6 Å². The highest BCUT2D eigenvalue weighted by Crippen LogP contribution is 2.30. The molecule has 0 radical (unpaired) electrons. The van der Waals surface area contributed by atoms with Gasteiger partial charge in [-0.25, -0.2) is 0 Å². The summed E-state index contributed by atoms with van der Waals surface area (Å²) in [5.74, 6) is -0.108. The average molecular weight is 399 g/mol. The average Bonchev–Trinajstić information content (AvgIpc) is 3.22. The minimum atomic E-state index is -0.156. The van der Waals surface area contributed by atoms with Gasteiger partial charge < -0.3 is 10.2 Å². The molecule has 1 unspecified atom stereocenters. The molecule has 0 saturated heterocycles. The molecule has 3 aromatic carbocycles. The third-order valence-corrected chi connectivity index (χ3v) is 5.70. The lowest BCUT2D eigenvalue weighted by Gasteiger charge is -2.19. The van der Waals surface area contributed by atoms with Crippen LogP contribution in [-0.2, 0) is 17.8 Å². The van der Waals surface area contributed by atoms with E-state index < -0.39 is 0 Å². The third-order valence-electron chi connectivity index (χ3n) is 5.70. The number of rotatable bonds is 6. The lowest BCUT2D eigenvalue weighted by Crippen LogP contribution is -2.30. The maximum atomic E-state index is 12.9. The molecule has 0 aliphatic carbocycles. The van der Waals surface area contributed by atoms with Crippen LogP contribution in [-0.4, -0.2) is 18.4 Å². The predicted molar refractivity (Wildman–Crippen MR) is 120 cm³/mol. The number of nitrogens with one attached hydrogen (secondary N) is 1. The van der Waals surface area contributed by atoms with Gasteiger partial charge in [-0.1, -0.05) is 67.6 Å². The SMILES string of the molecule is CCC(C(=O)NCc1ccc2c(c1)N(C(=O)c1ccccc1)CC2)c1ccccc1. The van der Waals surface area contributed by atoms with Gasteiger partial charge in [0.1, 0.15) is 0 Å². The number of nitrogens with zero attached hydrogens (tertiary/aromatic N) is 1. The number of anilines is 1. The van der Waals surface area contributed by atoms with Crippen LogP contribution in [0.3, 0.4) is 0 Å². The van der Waals surface area contributed by atoms with E-state index in [9.17, 15) is 9.59 Å². The van der Waals surface area contributed by atoms with Crippen LogP contribution in [0, 0.1) is 0 Å². The van der Waals surface area contributed by atoms with Crippen molar-refractivity contribution in [2.75, 3.05) is 11.4 Å². The minimum Gasteiger partial charge on any atom is -0.351 e. The maximum absolute atomic E-state index is 12.9. The molecule has 2 amide bonds. The topological polar surface area (TPSA) is 49.4 Å². The van der Waals surface area contributed by atoms with Gasteiger partial charge in [0.2, 0.25) is 5.91 Å². The van der Waals surface area contributed by atoms with Crippen molar-refractivity contribution in [2.24, 2.45) is 0 Å². The normalized spacial score (nSPS) is 13.6. The third kappa shape index (κ3) is 4.13. The van der Waals surface area contributed by atoms with E-state index >= 15 is 0 Å². The Hall–Kier alpha value is -3.40. The maximum Gasteiger partial charge on any atom is 0.258 e. The van der Waals surface area contributed by atoms with E-state index in [1.54, 1.807) is 0 Å². The Morgan fingerprint density at radius 2 is 1.67 bits per heavy atom. The molecule has 0 spiro atoms. The van der Waals surface area contributed by atoms with Gasteiger partial charge in [-0.3, -0.25) is 9.59 Å². The molecule has 1 aliphatic rings. The molecule has 1 N–H and O–H groups in total. The number of hydrogen-bond acceptors (Lipinski definition) is 2. The van der Waals surface area contributed by atoms with Gasteiger partial charge in [0, 0.05) is 24.3 Å². The first kappa shape index (κ1) is 19.9. The van der Waals surface area contributed by atoms with Crippen molar-refractivity contribution < 1.29 is 9.59 Å². The Morgan fingerprint density at radius 3 is 2.37 bits per heavy atom. The fourth-order valence-electron chi connectivity index (χ4n) is 4.05. The highest BCUT2D eigenvalue weighted by Gasteiger charge is 2.26. The first-order chi connectivity index (χ1) is 14.7. The molecule has 0 bridgehead atoms. The van der Waals surface area contributed by atoms with E-state index in [1.165, 1.54) is 5.56 Å². The molecule has 4 nitrogen and oxygen atoms in total. The molecule has 4 heteroatoms. The summed E-state index contributed by atoms with van der Waals surface area (Å²) >= 11 is 0. The van der Waals surface area contributed by atoms with E-state index in [0.717, 1.165) is 29.7 Å². The van der Waals surface area contributed by atoms with E-state index in [-0.39, 0.29) is 17.7 Å². The zero-order chi connectivity index (χ0) is 20.9. The van der Waals surface area contributed by atoms with E-state index in [2.05, 4.69) is 11.4 Å². The Balaban J connectivity index is 1.47. The summed E-state index contributed by atoms with van der Waals surface area (Å²) in [4.78, 5) is 27.5. The number of fused-ring (bicyclic) bond motifs is 1. The molecular formula is C26H26N2O2. The number of carbonyl (C=O) groups excluding carboxylic acids is 2. The van der Waals surface area contributed by atoms with Crippen molar-refractivity contribution in [3.05, 3.63) is 101 Å². The smallest absolute Gasteiger partial charge is 0.258 e. The number of hydrogen-bond donors (Lipinski definition) is 1. The van der Waals surface area contributed by atoms with E-state index in [4.69, 9.17) is 0 Å². The lowest BCUT2D eigenvalue weighted by molar-refractivity contribution is -0.122. The van der Waals surface area contributed by atoms with Crippen LogP contribution in [0.15, 0.2) is 78.9 Å². The van der Waals surface area contributed by atoms with Crippen molar-refractivity contribution in [1.29, 1.82) is 0 Å². The van der Waals surface area contributed by atoms with E-state index in [0.29, 0.717) is 18.7 Å². The predicted octanol–water partition coefficient (Wildman–Crippen LogP) is 4.70. The Bertz CT molecular complexity index is 1030. The van der Waals surface area contributed by atoms with Crippen LogP contribution in [0.25, 0.3) is 0 Å². The largest absolute Gasteiger partial charge is 0.351 e. The fraction of sp³-hybridized carbons (Fsp3) is 0.231. The lowest BCUT2D eigenvalue weighted by atomic mass is 9.95. The standard InChI is InChI=1S/C26H26N2O2/c1-2-23(20-9-5-3-6-10-20)25(29)27-18-19-13-14-21-15-16-28(24(21)17-19)26(30)22-11-7-4-8-12-22/h3-14,17,23H,2,15-16,18H2,1H3,(H,27,29). The fourth-order valence-corrected chi connectivity index (χ4v) is 4.05. The van der Waals surface area contributed by atoms with Crippen molar-refractivity contribution in [1.82, 2.24) is 5.32 Å². The van der Waals surface area contributed by atoms with Crippen LogP contribution in [0.1, 0.15) is 46.3 Å². The summed E-state index contributed by atoms with van der Waals surface area (Å²) < 4.78 is 0. The summed E-state index contributed by atoms with van der Waals surface area (Å²) in [6.07, 6.45) is 1.60. The molecule has 1 heterocycles. The molecule has 4 rings (SSSR count). The van der Waals surface area contributed by atoms with Gasteiger partial charge in [-0.15, -0.1) is 0 Å². The van der Waals surface area contributed by atoms with Gasteiger partial charge in [-0.2, -0.15) is 0 Å². The second-order valence-corrected chi connectivity index (χ2v) is 7.63. The second kappa shape index (κ2) is 8.95. The van der Waals surface area contributed by atoms with Crippen LogP contribution in [0.5, 0.6) is 0 Å². The highest BCUT2D eigenvalue weighted by atomic mass is 16.2. The van der Waals surface area contributed by atoms with Crippen LogP contribution < -0.4 is 10.2 Å². The minimum absolute atomic E-state index is 0.0191. The molecule has 30 heavy (non-hydrogen) atoms. The first-order valence-electron chi connectivity index (χ1n) is 10.5. The molecule has 1 aliphatic heterocycles. The van der Waals surface area contributed by atoms with Crippen LogP contribution >= 0.6 is 0 Å². The molecule has 0 saturated carbocycles. The second-order valence-electron chi connectivity index (χ2n) is 7.63. The Labute approximate surface area is 177 Å². The van der Waals surface area contributed by atoms with Gasteiger partial charge >= 0.3 is 0 Å². The molecular weight excluding hydrogens is 372 g/mol. The van der Waals surface area contributed by atoms with Crippen LogP contribution in [0.4, 0.5) is 5.69 Å². The van der Waals surface area contributed by atoms with Crippen molar-refractivity contribution in [3.8, 4) is 0 Å². The highest BCUT2D eigenvalue weighted by molar-refractivity contribution is 6.07. The molecule has 3 aromatic rings. The molecule has 0 fully saturated rings. The summed E-state index contributed by atoms with van der Waals surface area (Å²) in [5.41, 5.74) is 4.84. The Morgan fingerprint density at radius 1 is 0.967 bits per heavy atom. The monoisotopic (exact) mass is 398 g/mol. The zero-order valence-corrected chi connectivity index (χ0v) is 17.2. The quantitative estimate of drug-likeness (QED) is 0.654. The molecule has 152 valence electrons. The van der Waals surface area contributed by atoms with Gasteiger partial charge in [0.05, 0.1) is 5.92 Å². The van der Waals surface area contributed by atoms with Gasteiger partial charge in [0.15, 0.2) is 0 Å². The van der Waals surface area contributed by atoms with Gasteiger partial charge in [-0.05, 0) is 47.7 Å². The summed E-state index contributed by atoms with van der Waals surface area (Å²) in [6.45, 7) is 3.16. The molecule has 1 atom stereocenters. The molecule has 0 aromatic heterocycles. The number of carbonyl (C=O) groups is 2. The van der Waals surface area contributed by atoms with Crippen LogP contribution in [0.2, 0.25) is 0 Å². The zero-order valence-electron chi connectivity index (χ0n) is 17.2. The summed E-state index contributed by atoms with van der Waals surface area (Å²) in [6, 6.07) is 25.4. The Kier molecular flexibility index (Phi) is 5.94. The summed E-state index contributed by atoms with van der Waals surface area (Å²) in [7, 11) is 0. The number of amides is 2. The number of benzene rings is 3. The van der Waals surface area contributed by atoms with Crippen molar-refractivity contribution in [3.63, 3.8) is 0 Å². The summed E-state index contributed by atoms with van der Waals surface area (Å²) in [5, 5.41) is 3.07. The van der Waals surface area contributed by atoms with Gasteiger partial charge in [0.25, 0.3) is 5.91 Å². The first-order valence-corrected chi connectivity index (χ1v) is 10.5.